The van der Waals surface area contributed by atoms with Crippen molar-refractivity contribution < 1.29 is 9.47 Å². The summed E-state index contributed by atoms with van der Waals surface area (Å²) in [7, 11) is 0. The van der Waals surface area contributed by atoms with Gasteiger partial charge in [-0.15, -0.1) is 0 Å². The highest BCUT2D eigenvalue weighted by molar-refractivity contribution is 9.10. The van der Waals surface area contributed by atoms with Crippen LogP contribution in [0.2, 0.25) is 0 Å². The van der Waals surface area contributed by atoms with Crippen LogP contribution in [0.4, 0.5) is 5.95 Å². The van der Waals surface area contributed by atoms with Crippen LogP contribution < -0.4 is 14.4 Å². The molecule has 1 aromatic heterocycles. The summed E-state index contributed by atoms with van der Waals surface area (Å²) < 4.78 is 14.6. The predicted octanol–water partition coefficient (Wildman–Crippen LogP) is 4.99. The van der Waals surface area contributed by atoms with E-state index in [0.29, 0.717) is 5.95 Å². The van der Waals surface area contributed by atoms with Gasteiger partial charge in [0.25, 0.3) is 0 Å². The van der Waals surface area contributed by atoms with E-state index in [1.54, 1.807) is 18.5 Å². The van der Waals surface area contributed by atoms with E-state index in [0.717, 1.165) is 31.6 Å². The van der Waals surface area contributed by atoms with Gasteiger partial charge in [-0.05, 0) is 42.5 Å². The fraction of sp³-hybridized carbons (Fsp3) is 0.111. The van der Waals surface area contributed by atoms with Crippen LogP contribution >= 0.6 is 31.9 Å². The summed E-state index contributed by atoms with van der Waals surface area (Å²) in [6.07, 6.45) is 2.72. The number of nitrogens with zero attached hydrogens (tertiary/aromatic N) is 3. The molecule has 3 heterocycles. The van der Waals surface area contributed by atoms with Crippen LogP contribution in [-0.2, 0) is 0 Å². The monoisotopic (exact) mass is 459 g/mol. The summed E-state index contributed by atoms with van der Waals surface area (Å²) in [5.74, 6) is 2.17. The minimum Gasteiger partial charge on any atom is -0.465 e. The lowest BCUT2D eigenvalue weighted by Gasteiger charge is -2.46. The van der Waals surface area contributed by atoms with E-state index in [2.05, 4.69) is 41.8 Å². The fourth-order valence-electron chi connectivity index (χ4n) is 3.18. The van der Waals surface area contributed by atoms with Gasteiger partial charge in [-0.1, -0.05) is 31.9 Å². The van der Waals surface area contributed by atoms with Crippen molar-refractivity contribution in [3.63, 3.8) is 0 Å². The average molecular weight is 461 g/mol. The van der Waals surface area contributed by atoms with E-state index in [1.165, 1.54) is 0 Å². The molecule has 2 aliphatic heterocycles. The number of rotatable bonds is 1. The van der Waals surface area contributed by atoms with Crippen LogP contribution in [-0.4, -0.2) is 9.97 Å². The summed E-state index contributed by atoms with van der Waals surface area (Å²) >= 11 is 7.06. The van der Waals surface area contributed by atoms with Crippen molar-refractivity contribution in [2.45, 2.75) is 12.5 Å². The van der Waals surface area contributed by atoms with E-state index in [1.807, 2.05) is 41.3 Å². The van der Waals surface area contributed by atoms with Crippen LogP contribution in [0, 0.1) is 0 Å². The molecule has 0 saturated carbocycles. The lowest BCUT2D eigenvalue weighted by atomic mass is 10.0. The molecule has 0 fully saturated rings. The Hall–Kier alpha value is -2.12. The summed E-state index contributed by atoms with van der Waals surface area (Å²) in [6.45, 7) is 0. The van der Waals surface area contributed by atoms with Crippen molar-refractivity contribution in [2.24, 2.45) is 0 Å². The molecule has 2 bridgehead atoms. The normalized spacial score (nSPS) is 20.2. The molecule has 2 aliphatic rings. The molecule has 7 heteroatoms. The van der Waals surface area contributed by atoms with Gasteiger partial charge in [0, 0.05) is 21.3 Å². The maximum atomic E-state index is 6.33. The van der Waals surface area contributed by atoms with Crippen molar-refractivity contribution in [1.29, 1.82) is 0 Å². The number of anilines is 1. The third-order valence-corrected chi connectivity index (χ3v) is 5.23. The Bertz CT molecular complexity index is 908. The number of aromatic nitrogens is 2. The first-order valence-corrected chi connectivity index (χ1v) is 9.27. The molecular weight excluding hydrogens is 450 g/mol. The van der Waals surface area contributed by atoms with Crippen molar-refractivity contribution >= 4 is 37.8 Å². The van der Waals surface area contributed by atoms with Gasteiger partial charge >= 0.3 is 0 Å². The standard InChI is InChI=1S/C18H11Br2N3O2/c19-10-2-4-14-12(8-10)16-23(18-21-6-1-7-22-18)17(24-14)13-9-11(20)3-5-15(13)25-16/h1-9,16-17H. The van der Waals surface area contributed by atoms with E-state index in [-0.39, 0.29) is 12.5 Å². The summed E-state index contributed by atoms with van der Waals surface area (Å²) in [5.41, 5.74) is 1.87. The molecule has 0 N–H and O–H groups in total. The SMILES string of the molecule is Brc1ccc2c(c1)C1Oc3ccc(Br)cc3C(O2)N1c1ncccn1. The Morgan fingerprint density at radius 3 is 1.84 bits per heavy atom. The van der Waals surface area contributed by atoms with Gasteiger partial charge in [0.1, 0.15) is 11.5 Å². The summed E-state index contributed by atoms with van der Waals surface area (Å²) in [5, 5.41) is 0. The minimum absolute atomic E-state index is 0.359. The number of hydrogen-bond donors (Lipinski definition) is 0. The highest BCUT2D eigenvalue weighted by Crippen LogP contribution is 2.51. The van der Waals surface area contributed by atoms with Crippen molar-refractivity contribution in [2.75, 3.05) is 4.90 Å². The second-order valence-corrected chi connectivity index (χ2v) is 7.59. The topological polar surface area (TPSA) is 47.5 Å². The number of fused-ring (bicyclic) bond motifs is 6. The highest BCUT2D eigenvalue weighted by Gasteiger charge is 2.45. The van der Waals surface area contributed by atoms with Gasteiger partial charge in [-0.3, -0.25) is 4.90 Å². The van der Waals surface area contributed by atoms with E-state index in [4.69, 9.17) is 9.47 Å². The van der Waals surface area contributed by atoms with Crippen molar-refractivity contribution in [1.82, 2.24) is 9.97 Å². The predicted molar refractivity (Wildman–Crippen MR) is 99.5 cm³/mol. The Balaban J connectivity index is 1.73. The van der Waals surface area contributed by atoms with E-state index in [9.17, 15) is 0 Å². The van der Waals surface area contributed by atoms with Crippen LogP contribution in [0.5, 0.6) is 11.5 Å². The minimum atomic E-state index is -0.359. The van der Waals surface area contributed by atoms with Crippen molar-refractivity contribution in [3.8, 4) is 11.5 Å². The highest BCUT2D eigenvalue weighted by atomic mass is 79.9. The molecular formula is C18H11Br2N3O2. The van der Waals surface area contributed by atoms with E-state index < -0.39 is 0 Å². The first kappa shape index (κ1) is 15.2. The molecule has 25 heavy (non-hydrogen) atoms. The third kappa shape index (κ3) is 2.41. The molecule has 0 aliphatic carbocycles. The van der Waals surface area contributed by atoms with Gasteiger partial charge in [-0.2, -0.15) is 0 Å². The van der Waals surface area contributed by atoms with Crippen molar-refractivity contribution in [3.05, 3.63) is 74.9 Å². The summed E-state index contributed by atoms with van der Waals surface area (Å²) in [6, 6.07) is 13.6. The first-order chi connectivity index (χ1) is 12.2. The maximum absolute atomic E-state index is 6.33. The molecule has 0 saturated heterocycles. The van der Waals surface area contributed by atoms with Gasteiger partial charge < -0.3 is 9.47 Å². The lowest BCUT2D eigenvalue weighted by molar-refractivity contribution is 0.0548. The second kappa shape index (κ2) is 5.71. The zero-order chi connectivity index (χ0) is 17.0. The molecule has 2 unspecified atom stereocenters. The second-order valence-electron chi connectivity index (χ2n) is 5.76. The van der Waals surface area contributed by atoms with Crippen LogP contribution in [0.1, 0.15) is 23.6 Å². The van der Waals surface area contributed by atoms with Gasteiger partial charge in [0.2, 0.25) is 18.4 Å². The zero-order valence-electron chi connectivity index (χ0n) is 12.8. The molecule has 0 radical (unpaired) electrons. The summed E-state index contributed by atoms with van der Waals surface area (Å²) in [4.78, 5) is 10.8. The molecule has 2 atom stereocenters. The average Bonchev–Trinajstić information content (AvgIpc) is 2.63. The number of benzene rings is 2. The molecule has 0 spiro atoms. The molecule has 5 nitrogen and oxygen atoms in total. The maximum Gasteiger partial charge on any atom is 0.231 e. The Labute approximate surface area is 160 Å². The molecule has 5 rings (SSSR count). The smallest absolute Gasteiger partial charge is 0.231 e. The quantitative estimate of drug-likeness (QED) is 0.511. The van der Waals surface area contributed by atoms with Gasteiger partial charge in [0.05, 0.1) is 11.1 Å². The van der Waals surface area contributed by atoms with Gasteiger partial charge in [0.15, 0.2) is 0 Å². The molecule has 124 valence electrons. The molecule has 0 amide bonds. The lowest BCUT2D eigenvalue weighted by Crippen LogP contribution is -2.46. The van der Waals surface area contributed by atoms with Crippen LogP contribution in [0.25, 0.3) is 0 Å². The number of hydrogen-bond acceptors (Lipinski definition) is 5. The van der Waals surface area contributed by atoms with Gasteiger partial charge in [-0.25, -0.2) is 9.97 Å². The Morgan fingerprint density at radius 1 is 0.800 bits per heavy atom. The Morgan fingerprint density at radius 2 is 1.32 bits per heavy atom. The van der Waals surface area contributed by atoms with E-state index >= 15 is 0 Å². The van der Waals surface area contributed by atoms with Crippen LogP contribution in [0.3, 0.4) is 0 Å². The Kier molecular flexibility index (Phi) is 3.46. The van der Waals surface area contributed by atoms with Crippen LogP contribution in [0.15, 0.2) is 63.8 Å². The number of halogens is 2. The fourth-order valence-corrected chi connectivity index (χ4v) is 3.93. The largest absolute Gasteiger partial charge is 0.465 e. The molecule has 2 aromatic carbocycles. The first-order valence-electron chi connectivity index (χ1n) is 7.68. The number of ether oxygens (including phenoxy) is 2. The third-order valence-electron chi connectivity index (χ3n) is 4.24. The zero-order valence-corrected chi connectivity index (χ0v) is 15.9. The molecule has 3 aromatic rings.